The summed E-state index contributed by atoms with van der Waals surface area (Å²) in [4.78, 5) is 0. The van der Waals surface area contributed by atoms with E-state index >= 15 is 0 Å². The predicted octanol–water partition coefficient (Wildman–Crippen LogP) is 6.53. The Kier molecular flexibility index (Phi) is 8.45. The number of hydrogen-bond acceptors (Lipinski definition) is 0. The zero-order valence-corrected chi connectivity index (χ0v) is 14.7. The molecule has 0 N–H and O–H groups in total. The molecule has 0 nitrogen and oxygen atoms in total. The van der Waals surface area contributed by atoms with Crippen LogP contribution in [0.2, 0.25) is 0 Å². The molecule has 0 amide bonds. The maximum Gasteiger partial charge on any atom is 0.0332 e. The van der Waals surface area contributed by atoms with Crippen molar-refractivity contribution in [2.45, 2.75) is 50.9 Å². The van der Waals surface area contributed by atoms with Gasteiger partial charge in [0, 0.05) is 21.6 Å². The van der Waals surface area contributed by atoms with Crippen LogP contribution in [0.3, 0.4) is 0 Å². The summed E-state index contributed by atoms with van der Waals surface area (Å²) < 4.78 is 1.09. The minimum Gasteiger partial charge on any atom is -0.126 e. The summed E-state index contributed by atoms with van der Waals surface area (Å²) in [5.41, 5.74) is 1.17. The third kappa shape index (κ3) is 5.28. The van der Waals surface area contributed by atoms with E-state index in [4.69, 9.17) is 23.2 Å². The van der Waals surface area contributed by atoms with Gasteiger partial charge in [0.1, 0.15) is 0 Å². The van der Waals surface area contributed by atoms with Gasteiger partial charge in [0.2, 0.25) is 0 Å². The molecule has 0 radical (unpaired) electrons. The Hall–Kier alpha value is 0.280. The zero-order chi connectivity index (χ0) is 14.1. The number of rotatable bonds is 9. The second-order valence-electron chi connectivity index (χ2n) is 5.22. The topological polar surface area (TPSA) is 0 Å². The summed E-state index contributed by atoms with van der Waals surface area (Å²) in [6.45, 7) is 2.24. The molecule has 0 aromatic heterocycles. The van der Waals surface area contributed by atoms with Crippen molar-refractivity contribution in [2.24, 2.45) is 0 Å². The average molecular weight is 366 g/mol. The Morgan fingerprint density at radius 2 is 1.74 bits per heavy atom. The largest absolute Gasteiger partial charge is 0.126 e. The van der Waals surface area contributed by atoms with Crippen molar-refractivity contribution >= 4 is 39.1 Å². The summed E-state index contributed by atoms with van der Waals surface area (Å²) in [5.74, 6) is 1.17. The van der Waals surface area contributed by atoms with Crippen molar-refractivity contribution < 1.29 is 0 Å². The molecule has 0 bridgehead atoms. The molecule has 0 aliphatic carbocycles. The van der Waals surface area contributed by atoms with E-state index in [0.717, 1.165) is 10.9 Å². The number of unbranched alkanes of at least 4 members (excludes halogenated alkanes) is 4. The van der Waals surface area contributed by atoms with Gasteiger partial charge >= 0.3 is 0 Å². The van der Waals surface area contributed by atoms with Crippen LogP contribution in [0.25, 0.3) is 0 Å². The minimum atomic E-state index is -0.0842. The molecule has 0 atom stereocenters. The molecule has 1 rings (SSSR count). The van der Waals surface area contributed by atoms with Gasteiger partial charge in [-0.1, -0.05) is 67.1 Å². The first-order valence-electron chi connectivity index (χ1n) is 7.06. The first-order valence-corrected chi connectivity index (χ1v) is 8.92. The molecule has 0 aliphatic heterocycles. The van der Waals surface area contributed by atoms with Crippen LogP contribution in [-0.2, 0) is 5.41 Å². The summed E-state index contributed by atoms with van der Waals surface area (Å²) in [7, 11) is 0. The van der Waals surface area contributed by atoms with Gasteiger partial charge < -0.3 is 0 Å². The molecule has 0 fully saturated rings. The molecule has 3 heteroatoms. The van der Waals surface area contributed by atoms with Crippen molar-refractivity contribution in [3.05, 3.63) is 34.3 Å². The van der Waals surface area contributed by atoms with Crippen LogP contribution >= 0.6 is 39.1 Å². The average Bonchev–Trinajstić information content (AvgIpc) is 2.43. The van der Waals surface area contributed by atoms with Crippen molar-refractivity contribution in [1.82, 2.24) is 0 Å². The Bertz CT molecular complexity index is 362. The van der Waals surface area contributed by atoms with Gasteiger partial charge in [0.05, 0.1) is 0 Å². The fraction of sp³-hybridized carbons (Fsp3) is 0.625. The summed E-state index contributed by atoms with van der Waals surface area (Å²) in [5, 5.41) is 0. The van der Waals surface area contributed by atoms with Gasteiger partial charge in [0.25, 0.3) is 0 Å². The fourth-order valence-electron chi connectivity index (χ4n) is 2.35. The van der Waals surface area contributed by atoms with Gasteiger partial charge in [-0.25, -0.2) is 0 Å². The predicted molar refractivity (Wildman–Crippen MR) is 90.6 cm³/mol. The van der Waals surface area contributed by atoms with E-state index in [2.05, 4.69) is 41.1 Å². The second-order valence-corrected chi connectivity index (χ2v) is 6.67. The number of halogens is 3. The number of alkyl halides is 2. The van der Waals surface area contributed by atoms with Gasteiger partial charge in [-0.3, -0.25) is 0 Å². The van der Waals surface area contributed by atoms with Gasteiger partial charge in [-0.15, -0.1) is 23.2 Å². The van der Waals surface area contributed by atoms with Gasteiger partial charge in [0.15, 0.2) is 0 Å². The second kappa shape index (κ2) is 9.26. The molecule has 0 saturated carbocycles. The Morgan fingerprint density at radius 3 is 2.32 bits per heavy atom. The molecule has 19 heavy (non-hydrogen) atoms. The van der Waals surface area contributed by atoms with Crippen LogP contribution in [0.5, 0.6) is 0 Å². The molecule has 0 heterocycles. The third-order valence-corrected chi connectivity index (χ3v) is 5.22. The maximum absolute atomic E-state index is 6.25. The van der Waals surface area contributed by atoms with Gasteiger partial charge in [-0.2, -0.15) is 0 Å². The zero-order valence-electron chi connectivity index (χ0n) is 11.6. The monoisotopic (exact) mass is 364 g/mol. The smallest absolute Gasteiger partial charge is 0.0332 e. The lowest BCUT2D eigenvalue weighted by atomic mass is 9.79. The highest BCUT2D eigenvalue weighted by molar-refractivity contribution is 9.10. The van der Waals surface area contributed by atoms with Gasteiger partial charge in [-0.05, 0) is 24.1 Å². The van der Waals surface area contributed by atoms with Crippen LogP contribution in [0.4, 0.5) is 0 Å². The van der Waals surface area contributed by atoms with E-state index in [0.29, 0.717) is 11.8 Å². The van der Waals surface area contributed by atoms with Crippen molar-refractivity contribution in [1.29, 1.82) is 0 Å². The van der Waals surface area contributed by atoms with Crippen LogP contribution < -0.4 is 0 Å². The van der Waals surface area contributed by atoms with Crippen LogP contribution in [0.15, 0.2) is 28.7 Å². The third-order valence-electron chi connectivity index (χ3n) is 3.71. The molecule has 0 aliphatic rings. The van der Waals surface area contributed by atoms with Crippen molar-refractivity contribution in [3.8, 4) is 0 Å². The lowest BCUT2D eigenvalue weighted by Crippen LogP contribution is -2.30. The SMILES string of the molecule is CCCCCCCC(CCl)(CCl)c1cccc(Br)c1. The standard InChI is InChI=1S/C16H23BrCl2/c1-2-3-4-5-6-10-16(12-18,13-19)14-8-7-9-15(17)11-14/h7-9,11H,2-6,10,12-13H2,1H3. The quantitative estimate of drug-likeness (QED) is 0.345. The Morgan fingerprint density at radius 1 is 1.05 bits per heavy atom. The summed E-state index contributed by atoms with van der Waals surface area (Å²) >= 11 is 16.0. The first-order chi connectivity index (χ1) is 9.18. The first kappa shape index (κ1) is 17.3. The molecule has 0 spiro atoms. The molecule has 0 unspecified atom stereocenters. The maximum atomic E-state index is 6.25. The molecule has 1 aromatic rings. The lowest BCUT2D eigenvalue weighted by molar-refractivity contribution is 0.453. The molecule has 1 aromatic carbocycles. The van der Waals surface area contributed by atoms with Crippen LogP contribution in [-0.4, -0.2) is 11.8 Å². The van der Waals surface area contributed by atoms with Crippen LogP contribution in [0, 0.1) is 0 Å². The van der Waals surface area contributed by atoms with Crippen molar-refractivity contribution in [2.75, 3.05) is 11.8 Å². The normalized spacial score (nSPS) is 11.8. The highest BCUT2D eigenvalue weighted by atomic mass is 79.9. The highest BCUT2D eigenvalue weighted by Crippen LogP contribution is 2.34. The molecular weight excluding hydrogens is 343 g/mol. The molecular formula is C16H23BrCl2. The minimum absolute atomic E-state index is 0.0842. The summed E-state index contributed by atoms with van der Waals surface area (Å²) in [6, 6.07) is 8.39. The molecule has 108 valence electrons. The van der Waals surface area contributed by atoms with Crippen molar-refractivity contribution in [3.63, 3.8) is 0 Å². The van der Waals surface area contributed by atoms with E-state index in [9.17, 15) is 0 Å². The summed E-state index contributed by atoms with van der Waals surface area (Å²) in [6.07, 6.45) is 7.46. The Balaban J connectivity index is 2.68. The van der Waals surface area contributed by atoms with E-state index in [1.807, 2.05) is 6.07 Å². The number of hydrogen-bond donors (Lipinski definition) is 0. The Labute approximate surface area is 136 Å². The van der Waals surface area contributed by atoms with Crippen LogP contribution in [0.1, 0.15) is 51.0 Å². The fourth-order valence-corrected chi connectivity index (χ4v) is 3.61. The van der Waals surface area contributed by atoms with E-state index in [1.165, 1.54) is 37.7 Å². The number of benzene rings is 1. The van der Waals surface area contributed by atoms with E-state index < -0.39 is 0 Å². The lowest BCUT2D eigenvalue weighted by Gasteiger charge is -2.30. The molecule has 0 saturated heterocycles. The van der Waals surface area contributed by atoms with E-state index in [1.54, 1.807) is 0 Å². The van der Waals surface area contributed by atoms with E-state index in [-0.39, 0.29) is 5.41 Å². The highest BCUT2D eigenvalue weighted by Gasteiger charge is 2.30.